The zero-order valence-corrected chi connectivity index (χ0v) is 23.9. The van der Waals surface area contributed by atoms with Crippen molar-refractivity contribution in [3.05, 3.63) is 116 Å². The molecule has 2 atom stereocenters. The van der Waals surface area contributed by atoms with Crippen molar-refractivity contribution >= 4 is 40.2 Å². The van der Waals surface area contributed by atoms with E-state index in [0.29, 0.717) is 17.6 Å². The van der Waals surface area contributed by atoms with E-state index < -0.39 is 0 Å². The number of halogens is 1. The summed E-state index contributed by atoms with van der Waals surface area (Å²) in [4.78, 5) is 7.63. The molecule has 0 spiro atoms. The van der Waals surface area contributed by atoms with E-state index in [4.69, 9.17) is 14.5 Å². The summed E-state index contributed by atoms with van der Waals surface area (Å²) < 4.78 is 12.1. The Labute approximate surface area is 238 Å². The number of hydrogen-bond donors (Lipinski definition) is 0. The molecule has 0 aliphatic carbocycles. The number of rotatable bonds is 6. The van der Waals surface area contributed by atoms with Crippen LogP contribution in [-0.4, -0.2) is 33.5 Å². The lowest BCUT2D eigenvalue weighted by Crippen LogP contribution is -2.37. The second-order valence-corrected chi connectivity index (χ2v) is 11.1. The second kappa shape index (κ2) is 10.8. The molecule has 38 heavy (non-hydrogen) atoms. The molecule has 0 amide bonds. The van der Waals surface area contributed by atoms with Gasteiger partial charge in [-0.15, -0.1) is 0 Å². The summed E-state index contributed by atoms with van der Waals surface area (Å²) in [7, 11) is 3.34. The van der Waals surface area contributed by atoms with Crippen molar-refractivity contribution in [1.29, 1.82) is 0 Å². The Bertz CT molecular complexity index is 1400. The van der Waals surface area contributed by atoms with E-state index in [1.807, 2.05) is 12.3 Å². The highest BCUT2D eigenvalue weighted by molar-refractivity contribution is 14.1. The van der Waals surface area contributed by atoms with Crippen LogP contribution >= 0.6 is 22.6 Å². The zero-order valence-electron chi connectivity index (χ0n) is 21.7. The summed E-state index contributed by atoms with van der Waals surface area (Å²) in [6, 6.07) is 30.6. The second-order valence-electron chi connectivity index (χ2n) is 9.96. The molecule has 0 radical (unpaired) electrons. The third-order valence-corrected chi connectivity index (χ3v) is 8.62. The van der Waals surface area contributed by atoms with Crippen LogP contribution in [0.3, 0.4) is 0 Å². The van der Waals surface area contributed by atoms with E-state index in [2.05, 4.69) is 106 Å². The number of ether oxygens (including phenoxy) is 2. The lowest BCUT2D eigenvalue weighted by Gasteiger charge is -2.43. The number of aliphatic imine (C=N–C) groups is 1. The van der Waals surface area contributed by atoms with Crippen molar-refractivity contribution in [2.45, 2.75) is 24.7 Å². The predicted molar refractivity (Wildman–Crippen MR) is 164 cm³/mol. The molecule has 4 nitrogen and oxygen atoms in total. The average molecular weight is 615 g/mol. The van der Waals surface area contributed by atoms with Gasteiger partial charge >= 0.3 is 0 Å². The molecule has 0 N–H and O–H groups in total. The van der Waals surface area contributed by atoms with Gasteiger partial charge in [0.15, 0.2) is 11.5 Å². The average Bonchev–Trinajstić information content (AvgIpc) is 2.97. The molecule has 2 heterocycles. The summed E-state index contributed by atoms with van der Waals surface area (Å²) in [6.45, 7) is 2.18. The molecule has 0 saturated carbocycles. The fourth-order valence-electron chi connectivity index (χ4n) is 6.08. The Hall–Kier alpha value is -3.32. The lowest BCUT2D eigenvalue weighted by molar-refractivity contribution is 0.353. The van der Waals surface area contributed by atoms with E-state index in [1.165, 1.54) is 27.9 Å². The maximum atomic E-state index is 5.57. The smallest absolute Gasteiger partial charge is 0.174 e. The Kier molecular flexibility index (Phi) is 7.11. The van der Waals surface area contributed by atoms with Gasteiger partial charge in [0.2, 0.25) is 0 Å². The SMILES string of the molecule is COc1cc(C=Nc2cc3c4c(c2)[C@H](c2ccccc2)CCN4CC[C@H]3c2ccccc2)cc(I)c1OC. The number of nitrogens with zero attached hydrogens (tertiary/aromatic N) is 2. The number of anilines is 1. The highest BCUT2D eigenvalue weighted by Crippen LogP contribution is 2.50. The molecule has 0 bridgehead atoms. The van der Waals surface area contributed by atoms with Gasteiger partial charge in [-0.05, 0) is 87.5 Å². The molecule has 0 fully saturated rings. The summed E-state index contributed by atoms with van der Waals surface area (Å²) in [5.74, 6) is 2.20. The summed E-state index contributed by atoms with van der Waals surface area (Å²) in [6.07, 6.45) is 4.18. The van der Waals surface area contributed by atoms with Crippen molar-refractivity contribution < 1.29 is 9.47 Å². The van der Waals surface area contributed by atoms with Crippen molar-refractivity contribution in [2.75, 3.05) is 32.2 Å². The Morgan fingerprint density at radius 2 is 1.37 bits per heavy atom. The van der Waals surface area contributed by atoms with E-state index in [9.17, 15) is 0 Å². The van der Waals surface area contributed by atoms with Crippen LogP contribution in [0.5, 0.6) is 11.5 Å². The molecular formula is C33H31IN2O2. The van der Waals surface area contributed by atoms with Crippen molar-refractivity contribution in [3.8, 4) is 11.5 Å². The third-order valence-electron chi connectivity index (χ3n) is 7.82. The molecule has 2 aliphatic heterocycles. The normalized spacial score (nSPS) is 18.3. The monoisotopic (exact) mass is 614 g/mol. The van der Waals surface area contributed by atoms with Crippen LogP contribution in [0.1, 0.15) is 52.5 Å². The van der Waals surface area contributed by atoms with Gasteiger partial charge in [-0.3, -0.25) is 4.99 Å². The number of hydrogen-bond acceptors (Lipinski definition) is 4. The molecule has 0 unspecified atom stereocenters. The van der Waals surface area contributed by atoms with Gasteiger partial charge in [-0.1, -0.05) is 60.7 Å². The van der Waals surface area contributed by atoms with Crippen LogP contribution in [0.2, 0.25) is 0 Å². The topological polar surface area (TPSA) is 34.1 Å². The fourth-order valence-corrected chi connectivity index (χ4v) is 6.92. The largest absolute Gasteiger partial charge is 0.493 e. The minimum absolute atomic E-state index is 0.368. The molecular weight excluding hydrogens is 583 g/mol. The van der Waals surface area contributed by atoms with Gasteiger partial charge in [0.25, 0.3) is 0 Å². The first-order valence-corrected chi connectivity index (χ1v) is 14.2. The first kappa shape index (κ1) is 25.0. The van der Waals surface area contributed by atoms with Gasteiger partial charge in [0.1, 0.15) is 0 Å². The summed E-state index contributed by atoms with van der Waals surface area (Å²) in [5.41, 5.74) is 8.96. The first-order valence-electron chi connectivity index (χ1n) is 13.1. The third kappa shape index (κ3) is 4.68. The van der Waals surface area contributed by atoms with Crippen molar-refractivity contribution in [2.24, 2.45) is 4.99 Å². The van der Waals surface area contributed by atoms with Gasteiger partial charge in [0.05, 0.1) is 23.5 Å². The molecule has 5 heteroatoms. The van der Waals surface area contributed by atoms with Crippen LogP contribution in [0, 0.1) is 3.57 Å². The zero-order chi connectivity index (χ0) is 26.1. The molecule has 0 saturated heterocycles. The van der Waals surface area contributed by atoms with Gasteiger partial charge in [0, 0.05) is 36.8 Å². The van der Waals surface area contributed by atoms with E-state index >= 15 is 0 Å². The highest BCUT2D eigenvalue weighted by atomic mass is 127. The molecule has 6 rings (SSSR count). The minimum atomic E-state index is 0.368. The standard InChI is InChI=1S/C33H31IN2O2/c1-37-31-18-22(17-30(34)33(31)38-2)21-35-25-19-28-26(23-9-5-3-6-10-23)13-15-36-16-14-27(29(20-25)32(28)36)24-11-7-4-8-12-24/h3-12,17-21,26-27H,13-16H2,1-2H3/t26-,27-/m0/s1. The summed E-state index contributed by atoms with van der Waals surface area (Å²) >= 11 is 2.28. The summed E-state index contributed by atoms with van der Waals surface area (Å²) in [5, 5.41) is 0. The highest BCUT2D eigenvalue weighted by Gasteiger charge is 2.35. The van der Waals surface area contributed by atoms with E-state index in [-0.39, 0.29) is 0 Å². The maximum absolute atomic E-state index is 5.57. The Balaban J connectivity index is 1.48. The van der Waals surface area contributed by atoms with Crippen LogP contribution in [0.25, 0.3) is 0 Å². The minimum Gasteiger partial charge on any atom is -0.493 e. The number of methoxy groups -OCH3 is 2. The molecule has 0 aromatic heterocycles. The van der Waals surface area contributed by atoms with Crippen LogP contribution < -0.4 is 14.4 Å². The van der Waals surface area contributed by atoms with Crippen molar-refractivity contribution in [1.82, 2.24) is 0 Å². The predicted octanol–water partition coefficient (Wildman–Crippen LogP) is 7.94. The van der Waals surface area contributed by atoms with E-state index in [1.54, 1.807) is 14.2 Å². The quantitative estimate of drug-likeness (QED) is 0.163. The molecule has 4 aromatic carbocycles. The van der Waals surface area contributed by atoms with Crippen LogP contribution in [-0.2, 0) is 0 Å². The van der Waals surface area contributed by atoms with Crippen LogP contribution in [0.4, 0.5) is 11.4 Å². The molecule has 4 aromatic rings. The number of benzene rings is 4. The Morgan fingerprint density at radius 1 is 0.789 bits per heavy atom. The molecule has 2 aliphatic rings. The van der Waals surface area contributed by atoms with Gasteiger partial charge < -0.3 is 14.4 Å². The fraction of sp³-hybridized carbons (Fsp3) is 0.242. The Morgan fingerprint density at radius 3 is 1.89 bits per heavy atom. The first-order chi connectivity index (χ1) is 18.7. The van der Waals surface area contributed by atoms with E-state index in [0.717, 1.165) is 46.5 Å². The van der Waals surface area contributed by atoms with Crippen molar-refractivity contribution in [3.63, 3.8) is 0 Å². The maximum Gasteiger partial charge on any atom is 0.174 e. The lowest BCUT2D eigenvalue weighted by atomic mass is 9.76. The van der Waals surface area contributed by atoms with Crippen LogP contribution in [0.15, 0.2) is 89.9 Å². The van der Waals surface area contributed by atoms with Gasteiger partial charge in [-0.2, -0.15) is 0 Å². The molecule has 192 valence electrons. The van der Waals surface area contributed by atoms with Gasteiger partial charge in [-0.25, -0.2) is 0 Å².